The molecule has 29 heavy (non-hydrogen) atoms. The van der Waals surface area contributed by atoms with Gasteiger partial charge < -0.3 is 20.3 Å². The number of hydrogen-bond acceptors (Lipinski definition) is 3. The third kappa shape index (κ3) is 6.32. The summed E-state index contributed by atoms with van der Waals surface area (Å²) in [5.74, 6) is 0.449. The van der Waals surface area contributed by atoms with Gasteiger partial charge in [-0.3, -0.25) is 9.59 Å². The lowest BCUT2D eigenvalue weighted by molar-refractivity contribution is -0.890. The van der Waals surface area contributed by atoms with Crippen LogP contribution in [-0.2, 0) is 4.79 Å². The molecule has 2 aromatic rings. The summed E-state index contributed by atoms with van der Waals surface area (Å²) < 4.78 is 5.42. The van der Waals surface area contributed by atoms with E-state index in [4.69, 9.17) is 4.74 Å². The van der Waals surface area contributed by atoms with Gasteiger partial charge >= 0.3 is 0 Å². The molecule has 0 radical (unpaired) electrons. The van der Waals surface area contributed by atoms with Gasteiger partial charge in [0.05, 0.1) is 30.9 Å². The number of carbonyl (C=O) groups is 2. The molecule has 0 atom stereocenters. The molecule has 1 aliphatic rings. The molecule has 154 valence electrons. The Bertz CT molecular complexity index is 812. The minimum absolute atomic E-state index is 0.0526. The zero-order valence-electron chi connectivity index (χ0n) is 17.0. The van der Waals surface area contributed by atoms with Crippen LogP contribution in [0.15, 0.2) is 48.5 Å². The Morgan fingerprint density at radius 2 is 1.62 bits per heavy atom. The standard InChI is InChI=1S/C23H29N3O3/c1-2-29-19-13-11-18(12-14-19)24-23(28)20-9-5-6-10-21(20)25-22(27)17-26-15-7-3-4-8-16-26/h5-6,9-14H,2-4,7-8,15-17H2,1H3,(H,24,28)(H,25,27)/p+1. The maximum atomic E-state index is 12.8. The molecule has 6 heteroatoms. The Morgan fingerprint density at radius 1 is 0.931 bits per heavy atom. The van der Waals surface area contributed by atoms with Crippen LogP contribution < -0.4 is 20.3 Å². The zero-order valence-corrected chi connectivity index (χ0v) is 17.0. The first kappa shape index (κ1) is 20.9. The largest absolute Gasteiger partial charge is 0.494 e. The van der Waals surface area contributed by atoms with Crippen molar-refractivity contribution >= 4 is 23.2 Å². The number of nitrogens with one attached hydrogen (secondary N) is 3. The summed E-state index contributed by atoms with van der Waals surface area (Å²) in [5.41, 5.74) is 1.66. The number of para-hydroxylation sites is 1. The third-order valence-electron chi connectivity index (χ3n) is 5.09. The molecule has 1 fully saturated rings. The summed E-state index contributed by atoms with van der Waals surface area (Å²) in [4.78, 5) is 26.6. The van der Waals surface area contributed by atoms with E-state index in [-0.39, 0.29) is 11.8 Å². The minimum atomic E-state index is -0.257. The van der Waals surface area contributed by atoms with E-state index in [1.807, 2.05) is 25.1 Å². The number of anilines is 2. The SMILES string of the molecule is CCOc1ccc(NC(=O)c2ccccc2NC(=O)C[NH+]2CCCCCC2)cc1. The van der Waals surface area contributed by atoms with Crippen molar-refractivity contribution in [1.82, 2.24) is 0 Å². The van der Waals surface area contributed by atoms with Crippen LogP contribution in [0.5, 0.6) is 5.75 Å². The third-order valence-corrected chi connectivity index (χ3v) is 5.09. The van der Waals surface area contributed by atoms with E-state index in [1.54, 1.807) is 30.3 Å². The second kappa shape index (κ2) is 10.6. The van der Waals surface area contributed by atoms with Crippen molar-refractivity contribution in [3.8, 4) is 5.75 Å². The minimum Gasteiger partial charge on any atom is -0.494 e. The fraction of sp³-hybridized carbons (Fsp3) is 0.391. The molecule has 1 aliphatic heterocycles. The molecule has 0 saturated carbocycles. The lowest BCUT2D eigenvalue weighted by atomic mass is 10.1. The fourth-order valence-corrected chi connectivity index (χ4v) is 3.62. The molecule has 0 unspecified atom stereocenters. The molecular weight excluding hydrogens is 366 g/mol. The number of rotatable bonds is 7. The number of benzene rings is 2. The molecule has 0 bridgehead atoms. The first-order chi connectivity index (χ1) is 14.2. The van der Waals surface area contributed by atoms with Crippen LogP contribution in [0.2, 0.25) is 0 Å². The Labute approximate surface area is 172 Å². The molecule has 0 spiro atoms. The van der Waals surface area contributed by atoms with Crippen LogP contribution in [-0.4, -0.2) is 38.1 Å². The summed E-state index contributed by atoms with van der Waals surface area (Å²) in [6, 6.07) is 14.3. The Kier molecular flexibility index (Phi) is 7.64. The molecule has 1 saturated heterocycles. The zero-order chi connectivity index (χ0) is 20.5. The fourth-order valence-electron chi connectivity index (χ4n) is 3.62. The van der Waals surface area contributed by atoms with Gasteiger partial charge in [-0.2, -0.15) is 0 Å². The van der Waals surface area contributed by atoms with Gasteiger partial charge in [0.2, 0.25) is 0 Å². The van der Waals surface area contributed by atoms with Gasteiger partial charge in [-0.05, 0) is 69.0 Å². The van der Waals surface area contributed by atoms with E-state index in [0.717, 1.165) is 18.8 Å². The maximum absolute atomic E-state index is 12.8. The molecular formula is C23H30N3O3+. The van der Waals surface area contributed by atoms with Crippen molar-refractivity contribution in [2.75, 3.05) is 36.9 Å². The van der Waals surface area contributed by atoms with Gasteiger partial charge in [-0.15, -0.1) is 0 Å². The van der Waals surface area contributed by atoms with E-state index in [1.165, 1.54) is 30.6 Å². The lowest BCUT2D eigenvalue weighted by Crippen LogP contribution is -3.12. The number of ether oxygens (including phenoxy) is 1. The van der Waals surface area contributed by atoms with Gasteiger partial charge in [0.15, 0.2) is 6.54 Å². The average molecular weight is 397 g/mol. The summed E-state index contributed by atoms with van der Waals surface area (Å²) >= 11 is 0. The number of carbonyl (C=O) groups excluding carboxylic acids is 2. The van der Waals surface area contributed by atoms with Gasteiger partial charge in [0.1, 0.15) is 5.75 Å². The molecule has 3 N–H and O–H groups in total. The predicted molar refractivity (Wildman–Crippen MR) is 115 cm³/mol. The molecule has 0 aliphatic carbocycles. The summed E-state index contributed by atoms with van der Waals surface area (Å²) in [5, 5.41) is 5.81. The van der Waals surface area contributed by atoms with Crippen LogP contribution in [0.4, 0.5) is 11.4 Å². The number of hydrogen-bond donors (Lipinski definition) is 3. The Balaban J connectivity index is 1.62. The van der Waals surface area contributed by atoms with Crippen molar-refractivity contribution in [3.63, 3.8) is 0 Å². The number of amides is 2. The molecule has 3 rings (SSSR count). The van der Waals surface area contributed by atoms with Crippen molar-refractivity contribution in [1.29, 1.82) is 0 Å². The highest BCUT2D eigenvalue weighted by Crippen LogP contribution is 2.19. The van der Waals surface area contributed by atoms with Crippen molar-refractivity contribution in [2.24, 2.45) is 0 Å². The Hall–Kier alpha value is -2.86. The van der Waals surface area contributed by atoms with E-state index in [9.17, 15) is 9.59 Å². The van der Waals surface area contributed by atoms with Crippen LogP contribution in [0.25, 0.3) is 0 Å². The van der Waals surface area contributed by atoms with Gasteiger partial charge in [0.25, 0.3) is 11.8 Å². The van der Waals surface area contributed by atoms with Crippen LogP contribution in [0.1, 0.15) is 43.0 Å². The maximum Gasteiger partial charge on any atom is 0.279 e. The van der Waals surface area contributed by atoms with Crippen molar-refractivity contribution < 1.29 is 19.2 Å². The Morgan fingerprint density at radius 3 is 2.31 bits per heavy atom. The molecule has 2 aromatic carbocycles. The second-order valence-electron chi connectivity index (χ2n) is 7.35. The normalized spacial score (nSPS) is 14.7. The molecule has 0 aromatic heterocycles. The van der Waals surface area contributed by atoms with Crippen LogP contribution >= 0.6 is 0 Å². The van der Waals surface area contributed by atoms with Gasteiger partial charge in [0, 0.05) is 5.69 Å². The van der Waals surface area contributed by atoms with Gasteiger partial charge in [-0.1, -0.05) is 12.1 Å². The highest BCUT2D eigenvalue weighted by molar-refractivity contribution is 6.10. The highest BCUT2D eigenvalue weighted by Gasteiger charge is 2.18. The first-order valence-electron chi connectivity index (χ1n) is 10.4. The summed E-state index contributed by atoms with van der Waals surface area (Å²) in [6.45, 7) is 5.03. The molecule has 1 heterocycles. The van der Waals surface area contributed by atoms with Gasteiger partial charge in [-0.25, -0.2) is 0 Å². The van der Waals surface area contributed by atoms with Crippen LogP contribution in [0, 0.1) is 0 Å². The quantitative estimate of drug-likeness (QED) is 0.674. The smallest absolute Gasteiger partial charge is 0.279 e. The van der Waals surface area contributed by atoms with E-state index in [0.29, 0.717) is 30.1 Å². The topological polar surface area (TPSA) is 71.9 Å². The second-order valence-corrected chi connectivity index (χ2v) is 7.35. The molecule has 6 nitrogen and oxygen atoms in total. The molecule has 2 amide bonds. The van der Waals surface area contributed by atoms with Crippen molar-refractivity contribution in [3.05, 3.63) is 54.1 Å². The lowest BCUT2D eigenvalue weighted by Gasteiger charge is -2.17. The summed E-state index contributed by atoms with van der Waals surface area (Å²) in [7, 11) is 0. The van der Waals surface area contributed by atoms with Crippen LogP contribution in [0.3, 0.4) is 0 Å². The predicted octanol–water partition coefficient (Wildman–Crippen LogP) is 2.74. The van der Waals surface area contributed by atoms with E-state index >= 15 is 0 Å². The van der Waals surface area contributed by atoms with Crippen molar-refractivity contribution in [2.45, 2.75) is 32.6 Å². The monoisotopic (exact) mass is 396 g/mol. The first-order valence-corrected chi connectivity index (χ1v) is 10.4. The average Bonchev–Trinajstić information content (AvgIpc) is 2.98. The highest BCUT2D eigenvalue weighted by atomic mass is 16.5. The van der Waals surface area contributed by atoms with E-state index < -0.39 is 0 Å². The number of likely N-dealkylation sites (tertiary alicyclic amines) is 1. The number of quaternary nitrogens is 1. The summed E-state index contributed by atoms with van der Waals surface area (Å²) in [6.07, 6.45) is 4.84. The van der Waals surface area contributed by atoms with E-state index in [2.05, 4.69) is 10.6 Å².